The van der Waals surface area contributed by atoms with Crippen molar-refractivity contribution >= 4 is 11.6 Å². The van der Waals surface area contributed by atoms with Crippen molar-refractivity contribution in [1.29, 1.82) is 0 Å². The van der Waals surface area contributed by atoms with Crippen LogP contribution in [0.4, 0.5) is 0 Å². The fraction of sp³-hybridized carbons (Fsp3) is 0.571. The number of halogens is 1. The van der Waals surface area contributed by atoms with Crippen LogP contribution in [0.2, 0.25) is 5.02 Å². The van der Waals surface area contributed by atoms with Gasteiger partial charge < -0.3 is 5.32 Å². The Morgan fingerprint density at radius 1 is 1.25 bits per heavy atom. The molecule has 0 spiro atoms. The molecule has 0 saturated heterocycles. The quantitative estimate of drug-likeness (QED) is 0.834. The van der Waals surface area contributed by atoms with Crippen LogP contribution in [0.5, 0.6) is 0 Å². The van der Waals surface area contributed by atoms with Gasteiger partial charge in [-0.05, 0) is 37.1 Å². The Labute approximate surface area is 103 Å². The topological polar surface area (TPSA) is 12.0 Å². The first kappa shape index (κ1) is 11.9. The lowest BCUT2D eigenvalue weighted by Gasteiger charge is -2.39. The normalized spacial score (nSPS) is 19.6. The van der Waals surface area contributed by atoms with Crippen LogP contribution in [0.3, 0.4) is 0 Å². The summed E-state index contributed by atoms with van der Waals surface area (Å²) >= 11 is 6.10. The third-order valence-electron chi connectivity index (χ3n) is 3.60. The average Bonchev–Trinajstić information content (AvgIpc) is 2.31. The summed E-state index contributed by atoms with van der Waals surface area (Å²) in [4.78, 5) is 0. The lowest BCUT2D eigenvalue weighted by molar-refractivity contribution is 0.238. The largest absolute Gasteiger partial charge is 0.308 e. The summed E-state index contributed by atoms with van der Waals surface area (Å²) in [6, 6.07) is 8.34. The van der Waals surface area contributed by atoms with E-state index in [1.807, 2.05) is 6.07 Å². The molecule has 1 fully saturated rings. The highest BCUT2D eigenvalue weighted by atomic mass is 35.5. The summed E-state index contributed by atoms with van der Waals surface area (Å²) in [5.41, 5.74) is 1.54. The third-order valence-corrected chi connectivity index (χ3v) is 3.83. The van der Waals surface area contributed by atoms with Crippen LogP contribution < -0.4 is 5.32 Å². The van der Waals surface area contributed by atoms with Crippen LogP contribution >= 0.6 is 11.6 Å². The van der Waals surface area contributed by atoms with Crippen molar-refractivity contribution in [3.8, 4) is 0 Å². The Kier molecular flexibility index (Phi) is 3.88. The number of nitrogens with one attached hydrogen (secondary N) is 1. The van der Waals surface area contributed by atoms with E-state index >= 15 is 0 Å². The van der Waals surface area contributed by atoms with Gasteiger partial charge in [0.05, 0.1) is 0 Å². The Morgan fingerprint density at radius 2 is 2.00 bits per heavy atom. The first-order valence-corrected chi connectivity index (χ1v) is 6.66. The molecule has 16 heavy (non-hydrogen) atoms. The van der Waals surface area contributed by atoms with Gasteiger partial charge in [0.25, 0.3) is 0 Å². The molecule has 1 aliphatic carbocycles. The van der Waals surface area contributed by atoms with Crippen molar-refractivity contribution in [3.63, 3.8) is 0 Å². The van der Waals surface area contributed by atoms with Gasteiger partial charge in [-0.15, -0.1) is 0 Å². The van der Waals surface area contributed by atoms with Gasteiger partial charge in [0, 0.05) is 10.6 Å². The van der Waals surface area contributed by atoms with Gasteiger partial charge in [-0.25, -0.2) is 0 Å². The molecule has 0 radical (unpaired) electrons. The van der Waals surface area contributed by atoms with Crippen LogP contribution in [-0.4, -0.2) is 6.54 Å². The minimum Gasteiger partial charge on any atom is -0.308 e. The molecule has 1 N–H and O–H groups in total. The SMILES string of the molecule is CCNC1(c2cccc(Cl)c2)CCCCC1. The van der Waals surface area contributed by atoms with Crippen molar-refractivity contribution in [2.45, 2.75) is 44.6 Å². The van der Waals surface area contributed by atoms with E-state index in [9.17, 15) is 0 Å². The maximum Gasteiger partial charge on any atom is 0.0435 e. The van der Waals surface area contributed by atoms with Crippen LogP contribution in [0, 0.1) is 0 Å². The summed E-state index contributed by atoms with van der Waals surface area (Å²) in [7, 11) is 0. The molecule has 1 saturated carbocycles. The van der Waals surface area contributed by atoms with E-state index in [1.54, 1.807) is 0 Å². The van der Waals surface area contributed by atoms with Gasteiger partial charge in [0.2, 0.25) is 0 Å². The molecule has 2 rings (SSSR count). The predicted molar refractivity (Wildman–Crippen MR) is 69.9 cm³/mol. The molecule has 2 heteroatoms. The average molecular weight is 238 g/mol. The summed E-state index contributed by atoms with van der Waals surface area (Å²) in [6.45, 7) is 3.20. The second kappa shape index (κ2) is 5.20. The smallest absolute Gasteiger partial charge is 0.0435 e. The molecule has 0 unspecified atom stereocenters. The molecule has 0 aromatic heterocycles. The zero-order valence-corrected chi connectivity index (χ0v) is 10.7. The van der Waals surface area contributed by atoms with Crippen molar-refractivity contribution in [2.75, 3.05) is 6.54 Å². The first-order chi connectivity index (χ1) is 7.77. The molecule has 1 nitrogen and oxygen atoms in total. The molecule has 0 heterocycles. The molecule has 0 atom stereocenters. The van der Waals surface area contributed by atoms with Crippen LogP contribution in [0.1, 0.15) is 44.6 Å². The molecular weight excluding hydrogens is 218 g/mol. The van der Waals surface area contributed by atoms with Crippen LogP contribution in [0.25, 0.3) is 0 Å². The fourth-order valence-electron chi connectivity index (χ4n) is 2.85. The molecule has 1 aromatic carbocycles. The van der Waals surface area contributed by atoms with Gasteiger partial charge in [-0.3, -0.25) is 0 Å². The van der Waals surface area contributed by atoms with Crippen LogP contribution in [0.15, 0.2) is 24.3 Å². The van der Waals surface area contributed by atoms with E-state index in [-0.39, 0.29) is 5.54 Å². The molecular formula is C14H20ClN. The zero-order valence-electron chi connectivity index (χ0n) is 9.93. The molecule has 0 aliphatic heterocycles. The molecule has 1 aliphatic rings. The van der Waals surface area contributed by atoms with Crippen molar-refractivity contribution < 1.29 is 0 Å². The van der Waals surface area contributed by atoms with E-state index in [0.29, 0.717) is 0 Å². The van der Waals surface area contributed by atoms with Crippen molar-refractivity contribution in [1.82, 2.24) is 5.32 Å². The fourth-order valence-corrected chi connectivity index (χ4v) is 3.04. The molecule has 1 aromatic rings. The maximum atomic E-state index is 6.10. The van der Waals surface area contributed by atoms with Gasteiger partial charge >= 0.3 is 0 Å². The molecule has 0 bridgehead atoms. The minimum atomic E-state index is 0.178. The molecule has 0 amide bonds. The highest BCUT2D eigenvalue weighted by molar-refractivity contribution is 6.30. The number of rotatable bonds is 3. The van der Waals surface area contributed by atoms with Gasteiger partial charge in [0.1, 0.15) is 0 Å². The first-order valence-electron chi connectivity index (χ1n) is 6.28. The predicted octanol–water partition coefficient (Wildman–Crippen LogP) is 4.11. The Hall–Kier alpha value is -0.530. The van der Waals surface area contributed by atoms with Gasteiger partial charge in [-0.1, -0.05) is 49.9 Å². The lowest BCUT2D eigenvalue weighted by Crippen LogP contribution is -2.43. The molecule has 88 valence electrons. The number of benzene rings is 1. The summed E-state index contributed by atoms with van der Waals surface area (Å²) in [6.07, 6.45) is 6.48. The van der Waals surface area contributed by atoms with Crippen LogP contribution in [-0.2, 0) is 5.54 Å². The zero-order chi connectivity index (χ0) is 11.4. The van der Waals surface area contributed by atoms with E-state index in [0.717, 1.165) is 11.6 Å². The monoisotopic (exact) mass is 237 g/mol. The van der Waals surface area contributed by atoms with Crippen molar-refractivity contribution in [3.05, 3.63) is 34.9 Å². The van der Waals surface area contributed by atoms with E-state index in [1.165, 1.54) is 37.7 Å². The lowest BCUT2D eigenvalue weighted by atomic mass is 9.76. The van der Waals surface area contributed by atoms with Gasteiger partial charge in [0.15, 0.2) is 0 Å². The summed E-state index contributed by atoms with van der Waals surface area (Å²) < 4.78 is 0. The van der Waals surface area contributed by atoms with E-state index in [2.05, 4.69) is 30.4 Å². The van der Waals surface area contributed by atoms with Crippen molar-refractivity contribution in [2.24, 2.45) is 0 Å². The number of hydrogen-bond donors (Lipinski definition) is 1. The van der Waals surface area contributed by atoms with Gasteiger partial charge in [-0.2, -0.15) is 0 Å². The Balaban J connectivity index is 2.30. The minimum absolute atomic E-state index is 0.178. The summed E-state index contributed by atoms with van der Waals surface area (Å²) in [5, 5.41) is 4.53. The highest BCUT2D eigenvalue weighted by Gasteiger charge is 2.32. The van der Waals surface area contributed by atoms with E-state index < -0.39 is 0 Å². The Bertz CT molecular complexity index is 337. The van der Waals surface area contributed by atoms with E-state index in [4.69, 9.17) is 11.6 Å². The Morgan fingerprint density at radius 3 is 2.62 bits per heavy atom. The highest BCUT2D eigenvalue weighted by Crippen LogP contribution is 2.37. The maximum absolute atomic E-state index is 6.10. The number of hydrogen-bond acceptors (Lipinski definition) is 1. The second-order valence-corrected chi connectivity index (χ2v) is 5.12. The summed E-state index contributed by atoms with van der Waals surface area (Å²) in [5.74, 6) is 0. The standard InChI is InChI=1S/C14H20ClN/c1-2-16-14(9-4-3-5-10-14)12-7-6-8-13(15)11-12/h6-8,11,16H,2-5,9-10H2,1H3. The second-order valence-electron chi connectivity index (χ2n) is 4.68. The third kappa shape index (κ3) is 2.41.